The molecule has 0 aliphatic rings. The number of carbonyl (C=O) groups is 1. The smallest absolute Gasteiger partial charge is 0.339 e. The number of carbonyl (C=O) groups excluding carboxylic acids is 1. The maximum absolute atomic E-state index is 12.9. The van der Waals surface area contributed by atoms with E-state index in [1.165, 1.54) is 21.8 Å². The largest absolute Gasteiger partial charge is 0.463 e. The van der Waals surface area contributed by atoms with Crippen LogP contribution in [0.4, 0.5) is 0 Å². The fourth-order valence-corrected chi connectivity index (χ4v) is 4.18. The van der Waals surface area contributed by atoms with Gasteiger partial charge in [-0.25, -0.2) is 14.8 Å². The van der Waals surface area contributed by atoms with E-state index in [0.717, 1.165) is 5.69 Å². The minimum Gasteiger partial charge on any atom is -0.463 e. The predicted molar refractivity (Wildman–Crippen MR) is 113 cm³/mol. The molecular formula is C22H15N3O4S. The van der Waals surface area contributed by atoms with Crippen molar-refractivity contribution in [2.75, 3.05) is 0 Å². The van der Waals surface area contributed by atoms with Crippen molar-refractivity contribution in [3.63, 3.8) is 0 Å². The second-order valence-corrected chi connectivity index (χ2v) is 7.54. The second-order valence-electron chi connectivity index (χ2n) is 6.71. The highest BCUT2D eigenvalue weighted by Gasteiger charge is 2.17. The lowest BCUT2D eigenvalue weighted by atomic mass is 10.1. The molecule has 0 unspecified atom stereocenters. The summed E-state index contributed by atoms with van der Waals surface area (Å²) in [4.78, 5) is 34.8. The molecule has 4 aromatic heterocycles. The number of aryl methyl sites for hydroxylation is 1. The van der Waals surface area contributed by atoms with Gasteiger partial charge >= 0.3 is 5.97 Å². The molecule has 148 valence electrons. The molecule has 0 fully saturated rings. The fourth-order valence-electron chi connectivity index (χ4n) is 3.29. The summed E-state index contributed by atoms with van der Waals surface area (Å²) >= 11 is 1.37. The summed E-state index contributed by atoms with van der Waals surface area (Å²) in [7, 11) is 0. The average Bonchev–Trinajstić information content (AvgIpc) is 3.42. The van der Waals surface area contributed by atoms with E-state index in [9.17, 15) is 9.59 Å². The van der Waals surface area contributed by atoms with Crippen molar-refractivity contribution < 1.29 is 13.9 Å². The summed E-state index contributed by atoms with van der Waals surface area (Å²) in [6.45, 7) is 1.74. The van der Waals surface area contributed by atoms with E-state index in [-0.39, 0.29) is 12.2 Å². The van der Waals surface area contributed by atoms with E-state index in [0.29, 0.717) is 38.6 Å². The van der Waals surface area contributed by atoms with Gasteiger partial charge in [0.2, 0.25) is 0 Å². The van der Waals surface area contributed by atoms with Crippen LogP contribution in [0.5, 0.6) is 0 Å². The molecule has 7 nitrogen and oxygen atoms in total. The van der Waals surface area contributed by atoms with Gasteiger partial charge in [-0.2, -0.15) is 0 Å². The first-order chi connectivity index (χ1) is 14.6. The first-order valence-electron chi connectivity index (χ1n) is 9.18. The highest BCUT2D eigenvalue weighted by Crippen LogP contribution is 2.26. The first kappa shape index (κ1) is 18.3. The van der Waals surface area contributed by atoms with Crippen LogP contribution in [0, 0.1) is 6.92 Å². The van der Waals surface area contributed by atoms with Crippen LogP contribution in [0.3, 0.4) is 0 Å². The van der Waals surface area contributed by atoms with Crippen LogP contribution >= 0.6 is 11.3 Å². The Morgan fingerprint density at radius 2 is 2.03 bits per heavy atom. The Hall–Kier alpha value is -3.78. The number of ether oxygens (including phenoxy) is 1. The molecule has 4 heterocycles. The van der Waals surface area contributed by atoms with E-state index in [1.807, 2.05) is 36.6 Å². The van der Waals surface area contributed by atoms with E-state index in [2.05, 4.69) is 9.97 Å². The van der Waals surface area contributed by atoms with Gasteiger partial charge in [0.25, 0.3) is 5.56 Å². The van der Waals surface area contributed by atoms with Gasteiger partial charge in [0, 0.05) is 22.5 Å². The zero-order valence-corrected chi connectivity index (χ0v) is 16.7. The summed E-state index contributed by atoms with van der Waals surface area (Å²) < 4.78 is 12.5. The van der Waals surface area contributed by atoms with Gasteiger partial charge < -0.3 is 9.15 Å². The third kappa shape index (κ3) is 3.17. The molecule has 0 saturated heterocycles. The van der Waals surface area contributed by atoms with E-state index in [1.54, 1.807) is 24.5 Å². The van der Waals surface area contributed by atoms with Crippen LogP contribution in [-0.4, -0.2) is 20.3 Å². The third-order valence-corrected chi connectivity index (χ3v) is 5.63. The van der Waals surface area contributed by atoms with Crippen molar-refractivity contribution in [3.8, 4) is 11.5 Å². The van der Waals surface area contributed by atoms with Gasteiger partial charge in [-0.15, -0.1) is 11.3 Å². The minimum absolute atomic E-state index is 0.103. The SMILES string of the molecule is Cc1csc2nc(COC(=O)c3cc(-c4ccco4)nc4ccccc34)cc(=O)n12. The molecule has 0 spiro atoms. The molecule has 30 heavy (non-hydrogen) atoms. The maximum Gasteiger partial charge on any atom is 0.339 e. The monoisotopic (exact) mass is 417 g/mol. The lowest BCUT2D eigenvalue weighted by Crippen LogP contribution is -2.16. The number of pyridine rings is 1. The molecule has 1 aromatic carbocycles. The molecule has 5 aromatic rings. The van der Waals surface area contributed by atoms with Crippen LogP contribution in [0.1, 0.15) is 21.7 Å². The summed E-state index contributed by atoms with van der Waals surface area (Å²) in [6, 6.07) is 13.9. The molecule has 0 amide bonds. The van der Waals surface area contributed by atoms with Crippen molar-refractivity contribution in [1.82, 2.24) is 14.4 Å². The van der Waals surface area contributed by atoms with Crippen LogP contribution in [0.15, 0.2) is 69.4 Å². The van der Waals surface area contributed by atoms with Gasteiger partial charge in [0.05, 0.1) is 23.0 Å². The minimum atomic E-state index is -0.522. The standard InChI is InChI=1S/C22H15N3O4S/c1-13-12-30-22-23-14(9-20(26)25(13)22)11-29-21(27)16-10-18(19-7-4-8-28-19)24-17-6-3-2-5-15(16)17/h2-10,12H,11H2,1H3. The summed E-state index contributed by atoms with van der Waals surface area (Å²) in [6.07, 6.45) is 1.55. The predicted octanol–water partition coefficient (Wildman–Crippen LogP) is 4.23. The van der Waals surface area contributed by atoms with Crippen molar-refractivity contribution in [3.05, 3.63) is 87.5 Å². The van der Waals surface area contributed by atoms with E-state index < -0.39 is 5.97 Å². The molecule has 0 saturated carbocycles. The number of fused-ring (bicyclic) bond motifs is 2. The summed E-state index contributed by atoms with van der Waals surface area (Å²) in [5.74, 6) is 0.0359. The maximum atomic E-state index is 12.9. The van der Waals surface area contributed by atoms with Gasteiger partial charge in [0.15, 0.2) is 10.7 Å². The first-order valence-corrected chi connectivity index (χ1v) is 10.1. The number of nitrogens with zero attached hydrogens (tertiary/aromatic N) is 3. The quantitative estimate of drug-likeness (QED) is 0.407. The lowest BCUT2D eigenvalue weighted by Gasteiger charge is -2.09. The molecule has 8 heteroatoms. The Kier molecular flexibility index (Phi) is 4.40. The molecule has 0 bridgehead atoms. The number of hydrogen-bond acceptors (Lipinski definition) is 7. The molecule has 0 N–H and O–H groups in total. The topological polar surface area (TPSA) is 86.7 Å². The Morgan fingerprint density at radius 3 is 2.87 bits per heavy atom. The molecule has 0 aliphatic carbocycles. The second kappa shape index (κ2) is 7.23. The van der Waals surface area contributed by atoms with Crippen molar-refractivity contribution in [2.45, 2.75) is 13.5 Å². The normalized spacial score (nSPS) is 11.2. The number of rotatable bonds is 4. The Balaban J connectivity index is 1.48. The Morgan fingerprint density at radius 1 is 1.17 bits per heavy atom. The average molecular weight is 417 g/mol. The number of furan rings is 1. The van der Waals surface area contributed by atoms with Gasteiger partial charge in [0.1, 0.15) is 12.3 Å². The number of esters is 1. The number of hydrogen-bond donors (Lipinski definition) is 0. The molecule has 0 atom stereocenters. The number of benzene rings is 1. The van der Waals surface area contributed by atoms with Crippen molar-refractivity contribution in [1.29, 1.82) is 0 Å². The van der Waals surface area contributed by atoms with Crippen LogP contribution in [0.2, 0.25) is 0 Å². The van der Waals surface area contributed by atoms with Gasteiger partial charge in [-0.05, 0) is 31.2 Å². The van der Waals surface area contributed by atoms with Crippen LogP contribution in [-0.2, 0) is 11.3 Å². The molecule has 5 rings (SSSR count). The summed E-state index contributed by atoms with van der Waals surface area (Å²) in [5, 5.41) is 2.54. The van der Waals surface area contributed by atoms with Crippen LogP contribution < -0.4 is 5.56 Å². The summed E-state index contributed by atoms with van der Waals surface area (Å²) in [5.41, 5.74) is 2.60. The van der Waals surface area contributed by atoms with Crippen molar-refractivity contribution in [2.24, 2.45) is 0 Å². The third-order valence-electron chi connectivity index (χ3n) is 4.69. The number of thiazole rings is 1. The molecule has 0 aliphatic heterocycles. The zero-order valence-electron chi connectivity index (χ0n) is 15.9. The van der Waals surface area contributed by atoms with Gasteiger partial charge in [-0.1, -0.05) is 18.2 Å². The van der Waals surface area contributed by atoms with Crippen molar-refractivity contribution >= 4 is 33.2 Å². The fraction of sp³-hybridized carbons (Fsp3) is 0.0909. The highest BCUT2D eigenvalue weighted by atomic mass is 32.1. The lowest BCUT2D eigenvalue weighted by molar-refractivity contribution is 0.0470. The zero-order chi connectivity index (χ0) is 20.7. The molecular weight excluding hydrogens is 402 g/mol. The van der Waals surface area contributed by atoms with Gasteiger partial charge in [-0.3, -0.25) is 9.20 Å². The van der Waals surface area contributed by atoms with Crippen LogP contribution in [0.25, 0.3) is 27.3 Å². The number of aromatic nitrogens is 3. The van der Waals surface area contributed by atoms with E-state index in [4.69, 9.17) is 9.15 Å². The molecule has 0 radical (unpaired) electrons. The highest BCUT2D eigenvalue weighted by molar-refractivity contribution is 7.15. The Labute approximate surface area is 174 Å². The van der Waals surface area contributed by atoms with E-state index >= 15 is 0 Å². The number of para-hydroxylation sites is 1. The Bertz CT molecular complexity index is 1450.